The van der Waals surface area contributed by atoms with Crippen molar-refractivity contribution in [1.29, 1.82) is 0 Å². The molecule has 0 heterocycles. The minimum atomic E-state index is 0.699. The molecule has 2 N–H and O–H groups in total. The van der Waals surface area contributed by atoms with Crippen LogP contribution in [0.15, 0.2) is 24.3 Å². The van der Waals surface area contributed by atoms with Crippen LogP contribution < -0.4 is 10.5 Å². The molecule has 1 aromatic rings. The molecule has 0 saturated carbocycles. The van der Waals surface area contributed by atoms with Gasteiger partial charge < -0.3 is 10.5 Å². The smallest absolute Gasteiger partial charge is 0.119 e. The Bertz CT molecular complexity index is 345. The first-order valence-corrected chi connectivity index (χ1v) is 5.78. The fraction of sp³-hybridized carbons (Fsp3) is 0.429. The largest absolute Gasteiger partial charge is 0.494 e. The summed E-state index contributed by atoms with van der Waals surface area (Å²) in [5, 5.41) is 0. The standard InChI is InChI=1S/C14H19NO/c1-2-16-14-10-8-13(9-11-14)7-5-3-4-6-12-15/h8-11H,2-4,6,12,15H2,1H3. The second kappa shape index (κ2) is 7.78. The molecule has 2 heteroatoms. The summed E-state index contributed by atoms with van der Waals surface area (Å²) in [6.45, 7) is 3.43. The zero-order valence-corrected chi connectivity index (χ0v) is 9.83. The molecular weight excluding hydrogens is 198 g/mol. The molecule has 16 heavy (non-hydrogen) atoms. The van der Waals surface area contributed by atoms with Gasteiger partial charge in [0.1, 0.15) is 5.75 Å². The molecule has 0 radical (unpaired) electrons. The predicted octanol–water partition coefficient (Wildman–Crippen LogP) is 2.57. The highest BCUT2D eigenvalue weighted by Gasteiger charge is 1.90. The Hall–Kier alpha value is -1.46. The molecule has 0 spiro atoms. The van der Waals surface area contributed by atoms with E-state index >= 15 is 0 Å². The van der Waals surface area contributed by atoms with Crippen LogP contribution in [0.3, 0.4) is 0 Å². The Morgan fingerprint density at radius 2 is 1.94 bits per heavy atom. The molecule has 0 amide bonds. The third-order valence-corrected chi connectivity index (χ3v) is 2.15. The summed E-state index contributed by atoms with van der Waals surface area (Å²) in [6.07, 6.45) is 3.06. The maximum atomic E-state index is 5.40. The molecule has 0 aliphatic heterocycles. The van der Waals surface area contributed by atoms with Crippen LogP contribution in [0.25, 0.3) is 0 Å². The highest BCUT2D eigenvalue weighted by Crippen LogP contribution is 2.11. The average molecular weight is 217 g/mol. The third kappa shape index (κ3) is 4.86. The van der Waals surface area contributed by atoms with E-state index in [0.29, 0.717) is 6.61 Å². The van der Waals surface area contributed by atoms with E-state index in [1.807, 2.05) is 31.2 Å². The van der Waals surface area contributed by atoms with E-state index < -0.39 is 0 Å². The van der Waals surface area contributed by atoms with Crippen LogP contribution in [0.1, 0.15) is 31.7 Å². The summed E-state index contributed by atoms with van der Waals surface area (Å²) < 4.78 is 5.36. The van der Waals surface area contributed by atoms with E-state index in [1.54, 1.807) is 0 Å². The molecule has 0 atom stereocenters. The first kappa shape index (κ1) is 12.6. The van der Waals surface area contributed by atoms with Gasteiger partial charge in [-0.1, -0.05) is 11.8 Å². The first-order valence-electron chi connectivity index (χ1n) is 5.78. The fourth-order valence-electron chi connectivity index (χ4n) is 1.32. The molecule has 0 aliphatic carbocycles. The monoisotopic (exact) mass is 217 g/mol. The molecule has 1 aromatic carbocycles. The molecule has 1 rings (SSSR count). The number of benzene rings is 1. The highest BCUT2D eigenvalue weighted by molar-refractivity contribution is 5.38. The Kier molecular flexibility index (Phi) is 6.13. The number of rotatable bonds is 5. The van der Waals surface area contributed by atoms with E-state index in [2.05, 4.69) is 11.8 Å². The normalized spacial score (nSPS) is 9.38. The lowest BCUT2D eigenvalue weighted by molar-refractivity contribution is 0.340. The van der Waals surface area contributed by atoms with Gasteiger partial charge in [0.05, 0.1) is 6.61 Å². The zero-order chi connectivity index (χ0) is 11.6. The van der Waals surface area contributed by atoms with E-state index in [1.165, 1.54) is 0 Å². The van der Waals surface area contributed by atoms with Gasteiger partial charge in [-0.25, -0.2) is 0 Å². The summed E-state index contributed by atoms with van der Waals surface area (Å²) in [4.78, 5) is 0. The minimum Gasteiger partial charge on any atom is -0.494 e. The van der Waals surface area contributed by atoms with Crippen LogP contribution in [0.2, 0.25) is 0 Å². The van der Waals surface area contributed by atoms with E-state index in [0.717, 1.165) is 37.1 Å². The van der Waals surface area contributed by atoms with E-state index in [-0.39, 0.29) is 0 Å². The van der Waals surface area contributed by atoms with Gasteiger partial charge in [0.25, 0.3) is 0 Å². The number of nitrogens with two attached hydrogens (primary N) is 1. The zero-order valence-electron chi connectivity index (χ0n) is 9.83. The van der Waals surface area contributed by atoms with Crippen LogP contribution in [0.4, 0.5) is 0 Å². The third-order valence-electron chi connectivity index (χ3n) is 2.15. The highest BCUT2D eigenvalue weighted by atomic mass is 16.5. The van der Waals surface area contributed by atoms with Crippen molar-refractivity contribution >= 4 is 0 Å². The minimum absolute atomic E-state index is 0.699. The van der Waals surface area contributed by atoms with Gasteiger partial charge in [-0.15, -0.1) is 0 Å². The lowest BCUT2D eigenvalue weighted by Crippen LogP contribution is -1.96. The van der Waals surface area contributed by atoms with Crippen LogP contribution in [-0.4, -0.2) is 13.2 Å². The van der Waals surface area contributed by atoms with Crippen molar-refractivity contribution in [3.63, 3.8) is 0 Å². The van der Waals surface area contributed by atoms with Crippen molar-refractivity contribution in [2.45, 2.75) is 26.2 Å². The fourth-order valence-corrected chi connectivity index (χ4v) is 1.32. The van der Waals surface area contributed by atoms with Crippen LogP contribution in [-0.2, 0) is 0 Å². The molecule has 0 aliphatic rings. The number of ether oxygens (including phenoxy) is 1. The summed E-state index contributed by atoms with van der Waals surface area (Å²) >= 11 is 0. The van der Waals surface area contributed by atoms with E-state index in [9.17, 15) is 0 Å². The topological polar surface area (TPSA) is 35.2 Å². The maximum Gasteiger partial charge on any atom is 0.119 e. The van der Waals surface area contributed by atoms with Crippen molar-refractivity contribution in [3.8, 4) is 17.6 Å². The lowest BCUT2D eigenvalue weighted by Gasteiger charge is -2.01. The number of unbranched alkanes of at least 4 members (excludes halogenated alkanes) is 2. The Labute approximate surface area is 97.8 Å². The molecular formula is C14H19NO. The Balaban J connectivity index is 2.41. The van der Waals surface area contributed by atoms with Gasteiger partial charge in [-0.05, 0) is 50.6 Å². The summed E-state index contributed by atoms with van der Waals surface area (Å²) in [5.41, 5.74) is 6.44. The quantitative estimate of drug-likeness (QED) is 0.607. The molecule has 0 aromatic heterocycles. The van der Waals surface area contributed by atoms with Crippen molar-refractivity contribution in [1.82, 2.24) is 0 Å². The van der Waals surface area contributed by atoms with Crippen molar-refractivity contribution in [3.05, 3.63) is 29.8 Å². The van der Waals surface area contributed by atoms with Crippen LogP contribution >= 0.6 is 0 Å². The summed E-state index contributed by atoms with van der Waals surface area (Å²) in [6, 6.07) is 7.88. The number of hydrogen-bond donors (Lipinski definition) is 1. The summed E-state index contributed by atoms with van der Waals surface area (Å²) in [5.74, 6) is 7.17. The average Bonchev–Trinajstić information content (AvgIpc) is 2.31. The summed E-state index contributed by atoms with van der Waals surface area (Å²) in [7, 11) is 0. The molecule has 0 fully saturated rings. The predicted molar refractivity (Wildman–Crippen MR) is 67.4 cm³/mol. The second-order valence-electron chi connectivity index (χ2n) is 3.50. The van der Waals surface area contributed by atoms with Crippen LogP contribution in [0, 0.1) is 11.8 Å². The van der Waals surface area contributed by atoms with Crippen molar-refractivity contribution in [2.75, 3.05) is 13.2 Å². The van der Waals surface area contributed by atoms with Crippen molar-refractivity contribution in [2.24, 2.45) is 5.73 Å². The Morgan fingerprint density at radius 3 is 2.56 bits per heavy atom. The molecule has 0 saturated heterocycles. The van der Waals surface area contributed by atoms with Crippen LogP contribution in [0.5, 0.6) is 5.75 Å². The first-order chi connectivity index (χ1) is 7.86. The molecule has 86 valence electrons. The van der Waals surface area contributed by atoms with Gasteiger partial charge in [0.2, 0.25) is 0 Å². The lowest BCUT2D eigenvalue weighted by atomic mass is 10.2. The Morgan fingerprint density at radius 1 is 1.19 bits per heavy atom. The van der Waals surface area contributed by atoms with E-state index in [4.69, 9.17) is 10.5 Å². The van der Waals surface area contributed by atoms with Gasteiger partial charge in [-0.3, -0.25) is 0 Å². The molecule has 0 bridgehead atoms. The van der Waals surface area contributed by atoms with Gasteiger partial charge in [0, 0.05) is 12.0 Å². The second-order valence-corrected chi connectivity index (χ2v) is 3.50. The molecule has 0 unspecified atom stereocenters. The van der Waals surface area contributed by atoms with Gasteiger partial charge in [-0.2, -0.15) is 0 Å². The maximum absolute atomic E-state index is 5.40. The SMILES string of the molecule is CCOc1ccc(C#CCCCCN)cc1. The van der Waals surface area contributed by atoms with Crippen molar-refractivity contribution < 1.29 is 4.74 Å². The van der Waals surface area contributed by atoms with Gasteiger partial charge in [0.15, 0.2) is 0 Å². The molecule has 2 nitrogen and oxygen atoms in total. The van der Waals surface area contributed by atoms with Gasteiger partial charge >= 0.3 is 0 Å². The number of hydrogen-bond acceptors (Lipinski definition) is 2.